The van der Waals surface area contributed by atoms with Gasteiger partial charge < -0.3 is 25.4 Å². The van der Waals surface area contributed by atoms with Gasteiger partial charge in [-0.25, -0.2) is 4.99 Å². The van der Waals surface area contributed by atoms with Crippen LogP contribution >= 0.6 is 15.9 Å². The van der Waals surface area contributed by atoms with Crippen LogP contribution in [0.25, 0.3) is 0 Å². The van der Waals surface area contributed by atoms with Crippen LogP contribution in [0, 0.1) is 0 Å². The molecule has 0 spiro atoms. The Morgan fingerprint density at radius 3 is 2.78 bits per heavy atom. The van der Waals surface area contributed by atoms with Gasteiger partial charge in [-0.1, -0.05) is 15.9 Å². The SMILES string of the molecule is CN1C(Nc2ccc(Br)cc2)=NC2CC(Oc3ccnc(C(=O)NCC(=O)O)c3)CCC21. The number of carboxylic acid groups (broad SMARTS) is 1. The molecule has 1 fully saturated rings. The van der Waals surface area contributed by atoms with E-state index in [-0.39, 0.29) is 17.8 Å². The zero-order valence-corrected chi connectivity index (χ0v) is 19.1. The van der Waals surface area contributed by atoms with Gasteiger partial charge in [0.1, 0.15) is 24.1 Å². The number of guanidine groups is 1. The number of aromatic nitrogens is 1. The largest absolute Gasteiger partial charge is 0.490 e. The van der Waals surface area contributed by atoms with Crippen LogP contribution in [0.1, 0.15) is 29.8 Å². The first kappa shape index (κ1) is 22.1. The van der Waals surface area contributed by atoms with Crippen LogP contribution in [0.4, 0.5) is 5.69 Å². The average Bonchev–Trinajstić information content (AvgIpc) is 3.08. The molecular formula is C22H24BrN5O4. The summed E-state index contributed by atoms with van der Waals surface area (Å²) in [4.78, 5) is 33.8. The molecule has 0 radical (unpaired) electrons. The number of likely N-dealkylation sites (N-methyl/N-ethyl adjacent to an activating group) is 1. The fourth-order valence-electron chi connectivity index (χ4n) is 4.03. The Balaban J connectivity index is 1.38. The number of amides is 1. The zero-order valence-electron chi connectivity index (χ0n) is 17.5. The molecule has 4 rings (SSSR count). The Labute approximate surface area is 194 Å². The number of aliphatic imine (C=N–C) groups is 1. The minimum Gasteiger partial charge on any atom is -0.490 e. The van der Waals surface area contributed by atoms with Crippen LogP contribution in [-0.4, -0.2) is 64.6 Å². The number of anilines is 1. The maximum absolute atomic E-state index is 12.1. The molecule has 0 bridgehead atoms. The van der Waals surface area contributed by atoms with E-state index in [1.165, 1.54) is 12.3 Å². The highest BCUT2D eigenvalue weighted by atomic mass is 79.9. The van der Waals surface area contributed by atoms with Gasteiger partial charge in [0.15, 0.2) is 5.96 Å². The molecule has 2 heterocycles. The molecule has 168 valence electrons. The van der Waals surface area contributed by atoms with Crippen molar-refractivity contribution in [3.63, 3.8) is 0 Å². The van der Waals surface area contributed by atoms with E-state index in [4.69, 9.17) is 14.8 Å². The maximum Gasteiger partial charge on any atom is 0.322 e. The first-order chi connectivity index (χ1) is 15.4. The van der Waals surface area contributed by atoms with Gasteiger partial charge in [0.2, 0.25) is 0 Å². The van der Waals surface area contributed by atoms with Gasteiger partial charge in [0, 0.05) is 35.9 Å². The number of halogens is 1. The number of carbonyl (C=O) groups is 2. The molecule has 3 N–H and O–H groups in total. The van der Waals surface area contributed by atoms with Crippen molar-refractivity contribution in [3.05, 3.63) is 52.8 Å². The number of carbonyl (C=O) groups excluding carboxylic acids is 1. The van der Waals surface area contributed by atoms with Crippen molar-refractivity contribution in [2.75, 3.05) is 18.9 Å². The van der Waals surface area contributed by atoms with Crippen LogP contribution in [0.2, 0.25) is 0 Å². The lowest BCUT2D eigenvalue weighted by molar-refractivity contribution is -0.135. The Kier molecular flexibility index (Phi) is 6.59. The summed E-state index contributed by atoms with van der Waals surface area (Å²) >= 11 is 3.45. The minimum atomic E-state index is -1.11. The van der Waals surface area contributed by atoms with Gasteiger partial charge >= 0.3 is 5.97 Å². The Bertz CT molecular complexity index is 1030. The molecule has 1 aromatic heterocycles. The molecule has 32 heavy (non-hydrogen) atoms. The molecule has 0 saturated heterocycles. The van der Waals surface area contributed by atoms with E-state index in [0.29, 0.717) is 11.8 Å². The maximum atomic E-state index is 12.1. The van der Waals surface area contributed by atoms with E-state index in [1.807, 2.05) is 24.3 Å². The van der Waals surface area contributed by atoms with Crippen LogP contribution in [0.15, 0.2) is 52.1 Å². The van der Waals surface area contributed by atoms with E-state index in [0.717, 1.165) is 35.4 Å². The van der Waals surface area contributed by atoms with Crippen molar-refractivity contribution in [1.82, 2.24) is 15.2 Å². The van der Waals surface area contributed by atoms with Crippen molar-refractivity contribution in [2.45, 2.75) is 37.5 Å². The number of nitrogens with zero attached hydrogens (tertiary/aromatic N) is 3. The molecule has 2 aliphatic rings. The van der Waals surface area contributed by atoms with Gasteiger partial charge in [-0.2, -0.15) is 0 Å². The summed E-state index contributed by atoms with van der Waals surface area (Å²) < 4.78 is 7.16. The fourth-order valence-corrected chi connectivity index (χ4v) is 4.29. The Hall–Kier alpha value is -3.14. The molecular weight excluding hydrogens is 478 g/mol. The lowest BCUT2D eigenvalue weighted by Crippen LogP contribution is -2.44. The van der Waals surface area contributed by atoms with Gasteiger partial charge in [0.05, 0.1) is 12.1 Å². The van der Waals surface area contributed by atoms with Gasteiger partial charge in [-0.05, 0) is 43.2 Å². The van der Waals surface area contributed by atoms with Crippen molar-refractivity contribution in [3.8, 4) is 5.75 Å². The van der Waals surface area contributed by atoms with Gasteiger partial charge in [-0.15, -0.1) is 0 Å². The number of nitrogens with one attached hydrogen (secondary N) is 2. The van der Waals surface area contributed by atoms with Crippen molar-refractivity contribution >= 4 is 39.5 Å². The standard InChI is InChI=1S/C22H24BrN5O4/c1-28-19-7-6-15(10-17(19)27-22(28)26-14-4-2-13(23)3-5-14)32-16-8-9-24-18(11-16)21(31)25-12-20(29)30/h2-5,8-9,11,15,17,19H,6-7,10,12H2,1H3,(H,25,31)(H,26,27)(H,29,30). The third kappa shape index (κ3) is 5.18. The first-order valence-electron chi connectivity index (χ1n) is 10.3. The van der Waals surface area contributed by atoms with Crippen LogP contribution in [-0.2, 0) is 4.79 Å². The van der Waals surface area contributed by atoms with E-state index >= 15 is 0 Å². The average molecular weight is 502 g/mol. The molecule has 3 atom stereocenters. The highest BCUT2D eigenvalue weighted by molar-refractivity contribution is 9.10. The Morgan fingerprint density at radius 1 is 1.25 bits per heavy atom. The molecule has 1 amide bonds. The summed E-state index contributed by atoms with van der Waals surface area (Å²) in [7, 11) is 2.06. The zero-order chi connectivity index (χ0) is 22.7. The lowest BCUT2D eigenvalue weighted by atomic mass is 9.89. The molecule has 9 nitrogen and oxygen atoms in total. The van der Waals surface area contributed by atoms with Crippen molar-refractivity contribution < 1.29 is 19.4 Å². The molecule has 2 aromatic rings. The summed E-state index contributed by atoms with van der Waals surface area (Å²) in [6.07, 6.45) is 4.03. The number of benzene rings is 1. The van der Waals surface area contributed by atoms with Crippen LogP contribution < -0.4 is 15.4 Å². The van der Waals surface area contributed by atoms with E-state index in [9.17, 15) is 9.59 Å². The number of hydrogen-bond donors (Lipinski definition) is 3. The second-order valence-corrected chi connectivity index (χ2v) is 8.75. The fraction of sp³-hybridized carbons (Fsp3) is 0.364. The van der Waals surface area contributed by atoms with Gasteiger partial charge in [-0.3, -0.25) is 14.6 Å². The molecule has 1 aromatic carbocycles. The number of hydrogen-bond acceptors (Lipinski definition) is 7. The van der Waals surface area contributed by atoms with Crippen LogP contribution in [0.3, 0.4) is 0 Å². The number of aliphatic carboxylic acids is 1. The van der Waals surface area contributed by atoms with E-state index in [1.54, 1.807) is 6.07 Å². The topological polar surface area (TPSA) is 116 Å². The smallest absolute Gasteiger partial charge is 0.322 e. The second-order valence-electron chi connectivity index (χ2n) is 7.84. The number of rotatable bonds is 6. The number of fused-ring (bicyclic) bond motifs is 1. The molecule has 3 unspecified atom stereocenters. The van der Waals surface area contributed by atoms with Crippen molar-refractivity contribution in [1.29, 1.82) is 0 Å². The minimum absolute atomic E-state index is 0.0299. The number of carboxylic acids is 1. The summed E-state index contributed by atoms with van der Waals surface area (Å²) in [6, 6.07) is 11.7. The predicted molar refractivity (Wildman–Crippen MR) is 123 cm³/mol. The monoisotopic (exact) mass is 501 g/mol. The summed E-state index contributed by atoms with van der Waals surface area (Å²) in [6.45, 7) is -0.459. The number of ether oxygens (including phenoxy) is 1. The molecule has 1 saturated carbocycles. The molecule has 1 aliphatic heterocycles. The summed E-state index contributed by atoms with van der Waals surface area (Å²) in [5, 5.41) is 14.4. The molecule has 1 aliphatic carbocycles. The summed E-state index contributed by atoms with van der Waals surface area (Å²) in [5.74, 6) is -0.275. The molecule has 10 heteroatoms. The second kappa shape index (κ2) is 9.56. The Morgan fingerprint density at radius 2 is 2.03 bits per heavy atom. The highest BCUT2D eigenvalue weighted by Gasteiger charge is 2.39. The quantitative estimate of drug-likeness (QED) is 0.557. The predicted octanol–water partition coefficient (Wildman–Crippen LogP) is 2.74. The van der Waals surface area contributed by atoms with Gasteiger partial charge in [0.25, 0.3) is 5.91 Å². The summed E-state index contributed by atoms with van der Waals surface area (Å²) in [5.41, 5.74) is 1.10. The van der Waals surface area contributed by atoms with E-state index < -0.39 is 18.4 Å². The normalized spacial score (nSPS) is 22.0. The lowest BCUT2D eigenvalue weighted by Gasteiger charge is -2.34. The third-order valence-corrected chi connectivity index (χ3v) is 6.15. The van der Waals surface area contributed by atoms with Crippen molar-refractivity contribution in [2.24, 2.45) is 4.99 Å². The third-order valence-electron chi connectivity index (χ3n) is 5.62. The van der Waals surface area contributed by atoms with Crippen LogP contribution in [0.5, 0.6) is 5.75 Å². The van der Waals surface area contributed by atoms with E-state index in [2.05, 4.69) is 43.5 Å². The highest BCUT2D eigenvalue weighted by Crippen LogP contribution is 2.32. The number of pyridine rings is 1. The first-order valence-corrected chi connectivity index (χ1v) is 11.1.